The van der Waals surface area contributed by atoms with Crippen LogP contribution in [0.15, 0.2) is 0 Å². The first-order chi connectivity index (χ1) is 5.20. The molecule has 0 bridgehead atoms. The van der Waals surface area contributed by atoms with Crippen molar-refractivity contribution in [1.82, 2.24) is 6.15 Å². The Hall–Kier alpha value is 0.00636. The molecule has 0 radical (unpaired) electrons. The van der Waals surface area contributed by atoms with E-state index in [0.717, 1.165) is 20.8 Å². The molecule has 82 valence electrons. The van der Waals surface area contributed by atoms with E-state index in [9.17, 15) is 0 Å². The van der Waals surface area contributed by atoms with Crippen molar-refractivity contribution in [2.45, 2.75) is 20.8 Å². The summed E-state index contributed by atoms with van der Waals surface area (Å²) in [5.41, 5.74) is 0. The molecule has 0 saturated heterocycles. The summed E-state index contributed by atoms with van der Waals surface area (Å²) in [5, 5.41) is 22.2. The van der Waals surface area contributed by atoms with Crippen molar-refractivity contribution < 1.29 is 82.5 Å². The third-order valence-corrected chi connectivity index (χ3v) is 0. The molecule has 0 aromatic heterocycles. The van der Waals surface area contributed by atoms with E-state index in [1.165, 1.54) is 0 Å². The number of aliphatic carboxylic acids is 3. The van der Waals surface area contributed by atoms with Crippen LogP contribution < -0.4 is 57.5 Å². The second kappa shape index (κ2) is 23.1. The van der Waals surface area contributed by atoms with Crippen LogP contribution in [-0.4, -0.2) is 33.2 Å². The van der Waals surface area contributed by atoms with E-state index in [0.29, 0.717) is 0 Å². The van der Waals surface area contributed by atoms with Crippen LogP contribution in [-0.2, 0) is 14.4 Å². The quantitative estimate of drug-likeness (QED) is 0.342. The maximum atomic E-state index is 9.00. The molecule has 7 nitrogen and oxygen atoms in total. The number of carbonyl (C=O) groups is 3. The van der Waals surface area contributed by atoms with Gasteiger partial charge in [0.05, 0.1) is 0 Å². The molecule has 0 amide bonds. The molecule has 0 fully saturated rings. The fourth-order valence-electron chi connectivity index (χ4n) is 0. The van der Waals surface area contributed by atoms with Gasteiger partial charge in [-0.1, -0.05) is 0 Å². The number of rotatable bonds is 0. The number of hydrogen-bond donors (Lipinski definition) is 4. The third kappa shape index (κ3) is 35900000. The van der Waals surface area contributed by atoms with Crippen LogP contribution in [0.1, 0.15) is 22.2 Å². The van der Waals surface area contributed by atoms with E-state index in [4.69, 9.17) is 29.7 Å². The van der Waals surface area contributed by atoms with E-state index in [1.807, 2.05) is 0 Å². The molecule has 0 atom stereocenters. The van der Waals surface area contributed by atoms with Crippen molar-refractivity contribution in [3.63, 3.8) is 0 Å². The molecule has 0 spiro atoms. The van der Waals surface area contributed by atoms with E-state index in [1.54, 1.807) is 0 Å². The Balaban J connectivity index is -0.0000000184. The Morgan fingerprint density at radius 3 is 0.786 bits per heavy atom. The topological polar surface area (TPSA) is 147 Å². The van der Waals surface area contributed by atoms with Gasteiger partial charge in [-0.25, -0.2) is 0 Å². The summed E-state index contributed by atoms with van der Waals surface area (Å²) in [5.74, 6) is -2.50. The maximum Gasteiger partial charge on any atom is 1.00 e. The van der Waals surface area contributed by atoms with Crippen molar-refractivity contribution in [1.29, 1.82) is 0 Å². The van der Waals surface area contributed by atoms with Crippen LogP contribution in [0.3, 0.4) is 0 Å². The van der Waals surface area contributed by atoms with Crippen molar-refractivity contribution in [2.24, 2.45) is 0 Å². The number of carboxylic acid groups (broad SMARTS) is 3. The predicted octanol–water partition coefficient (Wildman–Crippen LogP) is -2.45. The molecule has 0 aliphatic heterocycles. The summed E-state index contributed by atoms with van der Waals surface area (Å²) in [7, 11) is 0. The van der Waals surface area contributed by atoms with Crippen LogP contribution >= 0.6 is 0 Å². The Morgan fingerprint density at radius 2 is 0.786 bits per heavy atom. The Bertz CT molecular complexity index is 125. The van der Waals surface area contributed by atoms with Crippen molar-refractivity contribution >= 4 is 17.9 Å². The first kappa shape index (κ1) is 29.2. The summed E-state index contributed by atoms with van der Waals surface area (Å²) < 4.78 is 0. The summed E-state index contributed by atoms with van der Waals surface area (Å²) in [6.45, 7) is 3.25. The van der Waals surface area contributed by atoms with E-state index < -0.39 is 17.9 Å². The van der Waals surface area contributed by atoms with Gasteiger partial charge in [0.2, 0.25) is 0 Å². The van der Waals surface area contributed by atoms with E-state index >= 15 is 0 Å². The average Bonchev–Trinajstić information content (AvgIpc) is 1.54. The number of hydrogen-bond acceptors (Lipinski definition) is 4. The standard InChI is InChI=1S/3C2H4O2.K.H3N.H/c3*1-2(3)4;;;/h3*1H3,(H,3,4);;1H3;/q;;;+1;;-1. The van der Waals surface area contributed by atoms with Crippen LogP contribution in [0.4, 0.5) is 0 Å². The molecule has 0 aromatic rings. The SMILES string of the molecule is CC(=O)O.CC(=O)O.CC(=O)O.N.[H-].[K+]. The Labute approximate surface area is 126 Å². The minimum Gasteiger partial charge on any atom is -1.00 e. The second-order valence-corrected chi connectivity index (χ2v) is 1.56. The smallest absolute Gasteiger partial charge is 1.00 e. The largest absolute Gasteiger partial charge is 1.00 e. The molecule has 14 heavy (non-hydrogen) atoms. The first-order valence-corrected chi connectivity index (χ1v) is 2.78. The van der Waals surface area contributed by atoms with Crippen LogP contribution in [0.2, 0.25) is 0 Å². The average molecular weight is 237 g/mol. The minimum absolute atomic E-state index is 0. The fourth-order valence-corrected chi connectivity index (χ4v) is 0. The monoisotopic (exact) mass is 237 g/mol. The van der Waals surface area contributed by atoms with Gasteiger partial charge in [-0.3, -0.25) is 14.4 Å². The molecule has 0 aromatic carbocycles. The van der Waals surface area contributed by atoms with Gasteiger partial charge >= 0.3 is 51.4 Å². The van der Waals surface area contributed by atoms with Crippen molar-refractivity contribution in [3.05, 3.63) is 0 Å². The molecule has 0 rings (SSSR count). The van der Waals surface area contributed by atoms with Gasteiger partial charge in [-0.15, -0.1) is 0 Å². The summed E-state index contributed by atoms with van der Waals surface area (Å²) in [4.78, 5) is 27.0. The molecule has 0 aliphatic carbocycles. The van der Waals surface area contributed by atoms with E-state index in [2.05, 4.69) is 0 Å². The van der Waals surface area contributed by atoms with Gasteiger partial charge in [-0.2, -0.15) is 0 Å². The van der Waals surface area contributed by atoms with Crippen molar-refractivity contribution in [2.75, 3.05) is 0 Å². The summed E-state index contributed by atoms with van der Waals surface area (Å²) >= 11 is 0. The van der Waals surface area contributed by atoms with Crippen molar-refractivity contribution in [3.8, 4) is 0 Å². The molecule has 0 unspecified atom stereocenters. The summed E-state index contributed by atoms with van der Waals surface area (Å²) in [6, 6.07) is 0. The van der Waals surface area contributed by atoms with Gasteiger partial charge in [0, 0.05) is 20.8 Å². The Kier molecular flexibility index (Phi) is 48.2. The maximum absolute atomic E-state index is 9.00. The van der Waals surface area contributed by atoms with Gasteiger partial charge in [-0.05, 0) is 0 Å². The molecule has 0 heterocycles. The zero-order valence-corrected chi connectivity index (χ0v) is 11.9. The first-order valence-electron chi connectivity index (χ1n) is 2.78. The molecular formula is C6H16KNO6. The second-order valence-electron chi connectivity index (χ2n) is 1.56. The van der Waals surface area contributed by atoms with Crippen LogP contribution in [0.5, 0.6) is 0 Å². The van der Waals surface area contributed by atoms with Gasteiger partial charge in [0.25, 0.3) is 17.9 Å². The molecule has 0 aliphatic rings. The molecule has 6 N–H and O–H groups in total. The van der Waals surface area contributed by atoms with Crippen LogP contribution in [0, 0.1) is 0 Å². The fraction of sp³-hybridized carbons (Fsp3) is 0.500. The number of carboxylic acids is 3. The molecule has 0 saturated carbocycles. The zero-order valence-electron chi connectivity index (χ0n) is 9.77. The minimum atomic E-state index is -0.833. The van der Waals surface area contributed by atoms with Gasteiger partial charge < -0.3 is 22.9 Å². The normalized spacial score (nSPS) is 5.36. The zero-order chi connectivity index (χ0) is 10.7. The van der Waals surface area contributed by atoms with E-state index in [-0.39, 0.29) is 59.0 Å². The summed E-state index contributed by atoms with van der Waals surface area (Å²) in [6.07, 6.45) is 0. The third-order valence-electron chi connectivity index (χ3n) is 0. The Morgan fingerprint density at radius 1 is 0.786 bits per heavy atom. The molecule has 8 heteroatoms. The van der Waals surface area contributed by atoms with Crippen LogP contribution in [0.25, 0.3) is 0 Å². The van der Waals surface area contributed by atoms with Gasteiger partial charge in [0.1, 0.15) is 0 Å². The predicted molar refractivity (Wildman–Crippen MR) is 46.1 cm³/mol. The molecular weight excluding hydrogens is 221 g/mol. The van der Waals surface area contributed by atoms with Gasteiger partial charge in [0.15, 0.2) is 0 Å².